The molecule has 1 aromatic heterocycles. The van der Waals surface area contributed by atoms with Crippen LogP contribution in [0.15, 0.2) is 10.8 Å². The third-order valence-corrected chi connectivity index (χ3v) is 2.13. The molecule has 0 fully saturated rings. The minimum absolute atomic E-state index is 0.289. The van der Waals surface area contributed by atoms with Crippen molar-refractivity contribution >= 4 is 21.9 Å². The van der Waals surface area contributed by atoms with E-state index in [0.29, 0.717) is 16.8 Å². The fourth-order valence-electron chi connectivity index (χ4n) is 0.943. The van der Waals surface area contributed by atoms with E-state index in [1.807, 2.05) is 6.92 Å². The molecule has 1 rings (SSSR count). The molecule has 0 saturated heterocycles. The summed E-state index contributed by atoms with van der Waals surface area (Å²) in [5, 5.41) is 0. The van der Waals surface area contributed by atoms with Crippen molar-refractivity contribution in [3.05, 3.63) is 21.9 Å². The Kier molecular flexibility index (Phi) is 2.92. The van der Waals surface area contributed by atoms with Crippen LogP contribution >= 0.6 is 15.9 Å². The molecule has 1 aromatic rings. The quantitative estimate of drug-likeness (QED) is 0.794. The normalized spacial score (nSPS) is 9.92. The maximum Gasteiger partial charge on any atom is 0.341 e. The van der Waals surface area contributed by atoms with Crippen molar-refractivity contribution in [1.82, 2.24) is 4.98 Å². The Balaban J connectivity index is 2.93. The zero-order chi connectivity index (χ0) is 9.14. The average molecular weight is 232 g/mol. The second-order valence-electron chi connectivity index (χ2n) is 2.38. The molecule has 0 radical (unpaired) electrons. The maximum atomic E-state index is 11.3. The third-order valence-electron chi connectivity index (χ3n) is 1.51. The molecule has 0 saturated carbocycles. The number of carbonyl (C=O) groups excluding carboxylic acids is 1. The van der Waals surface area contributed by atoms with Crippen LogP contribution < -0.4 is 0 Å². The lowest BCUT2D eigenvalue weighted by Gasteiger charge is -2.00. The maximum absolute atomic E-state index is 11.3. The molecule has 0 atom stereocenters. The van der Waals surface area contributed by atoms with Crippen molar-refractivity contribution in [2.24, 2.45) is 0 Å². The molecule has 3 nitrogen and oxygen atoms in total. The molecule has 0 unspecified atom stereocenters. The van der Waals surface area contributed by atoms with Gasteiger partial charge in [0, 0.05) is 6.20 Å². The lowest BCUT2D eigenvalue weighted by atomic mass is 10.2. The van der Waals surface area contributed by atoms with E-state index in [-0.39, 0.29) is 5.97 Å². The number of rotatable bonds is 2. The summed E-state index contributed by atoms with van der Waals surface area (Å²) in [5.74, 6) is -0.289. The molecule has 66 valence electrons. The van der Waals surface area contributed by atoms with Gasteiger partial charge in [-0.1, -0.05) is 0 Å². The Morgan fingerprint density at radius 1 is 1.75 bits per heavy atom. The van der Waals surface area contributed by atoms with Crippen LogP contribution in [0.5, 0.6) is 0 Å². The highest BCUT2D eigenvalue weighted by Crippen LogP contribution is 2.19. The van der Waals surface area contributed by atoms with Crippen LogP contribution in [-0.2, 0) is 4.74 Å². The SMILES string of the molecule is CCOC(=O)c1c(C)c[nH]c1Br. The first-order chi connectivity index (χ1) is 5.66. The van der Waals surface area contributed by atoms with Gasteiger partial charge in [-0.25, -0.2) is 4.79 Å². The lowest BCUT2D eigenvalue weighted by molar-refractivity contribution is 0.0525. The molecule has 0 aliphatic rings. The van der Waals surface area contributed by atoms with Crippen LogP contribution in [0.2, 0.25) is 0 Å². The van der Waals surface area contributed by atoms with Crippen LogP contribution in [0.3, 0.4) is 0 Å². The van der Waals surface area contributed by atoms with Gasteiger partial charge in [-0.2, -0.15) is 0 Å². The molecule has 1 heterocycles. The summed E-state index contributed by atoms with van der Waals surface area (Å²) >= 11 is 3.23. The van der Waals surface area contributed by atoms with Crippen molar-refractivity contribution < 1.29 is 9.53 Å². The van der Waals surface area contributed by atoms with E-state index in [4.69, 9.17) is 4.74 Å². The largest absolute Gasteiger partial charge is 0.462 e. The van der Waals surface area contributed by atoms with Crippen LogP contribution in [-0.4, -0.2) is 17.6 Å². The minimum Gasteiger partial charge on any atom is -0.462 e. The predicted octanol–water partition coefficient (Wildman–Crippen LogP) is 2.26. The van der Waals surface area contributed by atoms with Gasteiger partial charge in [0.2, 0.25) is 0 Å². The molecule has 0 aliphatic heterocycles. The Labute approximate surface area is 79.2 Å². The van der Waals surface area contributed by atoms with Crippen LogP contribution in [0.1, 0.15) is 22.8 Å². The zero-order valence-electron chi connectivity index (χ0n) is 6.98. The van der Waals surface area contributed by atoms with Crippen molar-refractivity contribution in [3.8, 4) is 0 Å². The first-order valence-corrected chi connectivity index (χ1v) is 4.46. The smallest absolute Gasteiger partial charge is 0.341 e. The Morgan fingerprint density at radius 3 is 2.83 bits per heavy atom. The molecule has 0 aliphatic carbocycles. The van der Waals surface area contributed by atoms with E-state index in [1.54, 1.807) is 13.1 Å². The second kappa shape index (κ2) is 3.76. The second-order valence-corrected chi connectivity index (χ2v) is 3.17. The molecule has 0 bridgehead atoms. The van der Waals surface area contributed by atoms with Crippen molar-refractivity contribution in [1.29, 1.82) is 0 Å². The lowest BCUT2D eigenvalue weighted by Crippen LogP contribution is -2.05. The summed E-state index contributed by atoms with van der Waals surface area (Å²) in [6.07, 6.45) is 1.76. The highest BCUT2D eigenvalue weighted by molar-refractivity contribution is 9.10. The van der Waals surface area contributed by atoms with Crippen LogP contribution in [0, 0.1) is 6.92 Å². The first-order valence-electron chi connectivity index (χ1n) is 3.67. The number of halogens is 1. The Hall–Kier alpha value is -0.770. The minimum atomic E-state index is -0.289. The number of H-pyrrole nitrogens is 1. The van der Waals surface area contributed by atoms with E-state index < -0.39 is 0 Å². The fourth-order valence-corrected chi connectivity index (χ4v) is 1.53. The van der Waals surface area contributed by atoms with Gasteiger partial charge in [-0.3, -0.25) is 0 Å². The van der Waals surface area contributed by atoms with Gasteiger partial charge in [-0.05, 0) is 35.3 Å². The monoisotopic (exact) mass is 231 g/mol. The molecular weight excluding hydrogens is 222 g/mol. The molecule has 0 amide bonds. The first kappa shape index (κ1) is 9.32. The van der Waals surface area contributed by atoms with E-state index in [1.165, 1.54) is 0 Å². The summed E-state index contributed by atoms with van der Waals surface area (Å²) in [7, 11) is 0. The summed E-state index contributed by atoms with van der Waals surface area (Å²) in [6.45, 7) is 4.04. The topological polar surface area (TPSA) is 42.1 Å². The number of hydrogen-bond donors (Lipinski definition) is 1. The van der Waals surface area contributed by atoms with Gasteiger partial charge >= 0.3 is 5.97 Å². The summed E-state index contributed by atoms with van der Waals surface area (Å²) in [6, 6.07) is 0. The summed E-state index contributed by atoms with van der Waals surface area (Å²) in [5.41, 5.74) is 1.47. The number of esters is 1. The molecule has 1 N–H and O–H groups in total. The predicted molar refractivity (Wildman–Crippen MR) is 49.2 cm³/mol. The van der Waals surface area contributed by atoms with Crippen LogP contribution in [0.4, 0.5) is 0 Å². The number of carbonyl (C=O) groups is 1. The molecule has 12 heavy (non-hydrogen) atoms. The average Bonchev–Trinajstić information content (AvgIpc) is 2.32. The van der Waals surface area contributed by atoms with Gasteiger partial charge in [0.05, 0.1) is 16.8 Å². The third kappa shape index (κ3) is 1.69. The molecule has 0 aromatic carbocycles. The van der Waals surface area contributed by atoms with E-state index >= 15 is 0 Å². The van der Waals surface area contributed by atoms with E-state index in [0.717, 1.165) is 5.56 Å². The van der Waals surface area contributed by atoms with Gasteiger partial charge in [0.15, 0.2) is 0 Å². The Morgan fingerprint density at radius 2 is 2.42 bits per heavy atom. The Bertz CT molecular complexity index is 274. The van der Waals surface area contributed by atoms with Gasteiger partial charge in [-0.15, -0.1) is 0 Å². The molecular formula is C8H10BrNO2. The standard InChI is InChI=1S/C8H10BrNO2/c1-3-12-8(11)6-5(2)4-10-7(6)9/h4,10H,3H2,1-2H3. The number of ether oxygens (including phenoxy) is 1. The van der Waals surface area contributed by atoms with Crippen LogP contribution in [0.25, 0.3) is 0 Å². The highest BCUT2D eigenvalue weighted by atomic mass is 79.9. The highest BCUT2D eigenvalue weighted by Gasteiger charge is 2.15. The number of hydrogen-bond acceptors (Lipinski definition) is 2. The number of aromatic nitrogens is 1. The van der Waals surface area contributed by atoms with Crippen molar-refractivity contribution in [3.63, 3.8) is 0 Å². The van der Waals surface area contributed by atoms with Crippen molar-refractivity contribution in [2.75, 3.05) is 6.61 Å². The van der Waals surface area contributed by atoms with Gasteiger partial charge in [0.25, 0.3) is 0 Å². The zero-order valence-corrected chi connectivity index (χ0v) is 8.56. The number of nitrogens with one attached hydrogen (secondary N) is 1. The van der Waals surface area contributed by atoms with E-state index in [9.17, 15) is 4.79 Å². The van der Waals surface area contributed by atoms with E-state index in [2.05, 4.69) is 20.9 Å². The summed E-state index contributed by atoms with van der Waals surface area (Å²) in [4.78, 5) is 14.2. The van der Waals surface area contributed by atoms with Gasteiger partial charge < -0.3 is 9.72 Å². The van der Waals surface area contributed by atoms with Crippen molar-refractivity contribution in [2.45, 2.75) is 13.8 Å². The summed E-state index contributed by atoms with van der Waals surface area (Å²) < 4.78 is 5.54. The number of aryl methyl sites for hydroxylation is 1. The molecule has 0 spiro atoms. The fraction of sp³-hybridized carbons (Fsp3) is 0.375. The van der Waals surface area contributed by atoms with Gasteiger partial charge in [0.1, 0.15) is 0 Å². The molecule has 4 heteroatoms. The number of aromatic amines is 1.